The van der Waals surface area contributed by atoms with Gasteiger partial charge in [-0.05, 0) is 41.7 Å². The number of rotatable bonds is 4. The fourth-order valence-corrected chi connectivity index (χ4v) is 3.38. The molecule has 1 aliphatic rings. The van der Waals surface area contributed by atoms with Gasteiger partial charge in [-0.1, -0.05) is 30.3 Å². The van der Waals surface area contributed by atoms with Gasteiger partial charge in [0.15, 0.2) is 0 Å². The highest BCUT2D eigenvalue weighted by Gasteiger charge is 2.42. The smallest absolute Gasteiger partial charge is 0.116 e. The second-order valence-corrected chi connectivity index (χ2v) is 6.27. The first kappa shape index (κ1) is 12.5. The molecule has 19 heavy (non-hydrogen) atoms. The van der Waals surface area contributed by atoms with Gasteiger partial charge >= 0.3 is 0 Å². The molecule has 2 nitrogen and oxygen atoms in total. The molecule has 2 aromatic carbocycles. The number of hydrogen-bond donors (Lipinski definition) is 1. The maximum absolute atomic E-state index is 9.26. The fourth-order valence-electron chi connectivity index (χ4n) is 2.30. The van der Waals surface area contributed by atoms with Gasteiger partial charge in [0.25, 0.3) is 0 Å². The minimum absolute atomic E-state index is 0.394. The molecule has 2 N–H and O–H groups in total. The van der Waals surface area contributed by atoms with E-state index in [9.17, 15) is 5.26 Å². The van der Waals surface area contributed by atoms with Gasteiger partial charge < -0.3 is 5.73 Å². The van der Waals surface area contributed by atoms with Crippen molar-refractivity contribution in [1.82, 2.24) is 0 Å². The van der Waals surface area contributed by atoms with Crippen LogP contribution in [0.15, 0.2) is 47.4 Å². The van der Waals surface area contributed by atoms with Crippen molar-refractivity contribution in [1.29, 1.82) is 5.26 Å². The third-order valence-electron chi connectivity index (χ3n) is 3.71. The summed E-state index contributed by atoms with van der Waals surface area (Å²) in [4.78, 5) is 1.18. The summed E-state index contributed by atoms with van der Waals surface area (Å²) >= 11 is 1.69. The number of nitrogens with two attached hydrogens (primary N) is 1. The van der Waals surface area contributed by atoms with Crippen molar-refractivity contribution in [2.45, 2.75) is 23.3 Å². The lowest BCUT2D eigenvalue weighted by atomic mass is 10.00. The Balaban J connectivity index is 1.76. The third kappa shape index (κ3) is 2.60. The van der Waals surface area contributed by atoms with E-state index in [2.05, 4.69) is 36.4 Å². The van der Waals surface area contributed by atoms with Gasteiger partial charge in [-0.3, -0.25) is 0 Å². The van der Waals surface area contributed by atoms with Crippen molar-refractivity contribution in [3.63, 3.8) is 0 Å². The monoisotopic (exact) mass is 268 g/mol. The van der Waals surface area contributed by atoms with Crippen LogP contribution < -0.4 is 5.73 Å². The average molecular weight is 268 g/mol. The maximum Gasteiger partial charge on any atom is 0.116 e. The Morgan fingerprint density at radius 3 is 2.63 bits per heavy atom. The number of thioether (sulfide) groups is 1. The molecule has 0 aromatic heterocycles. The van der Waals surface area contributed by atoms with Crippen molar-refractivity contribution in [3.8, 4) is 6.07 Å². The van der Waals surface area contributed by atoms with E-state index in [1.54, 1.807) is 11.8 Å². The van der Waals surface area contributed by atoms with E-state index in [0.29, 0.717) is 11.7 Å². The summed E-state index contributed by atoms with van der Waals surface area (Å²) in [5.74, 6) is 1.07. The highest BCUT2D eigenvalue weighted by atomic mass is 32.2. The topological polar surface area (TPSA) is 49.8 Å². The van der Waals surface area contributed by atoms with E-state index in [4.69, 9.17) is 5.73 Å². The summed E-state index contributed by atoms with van der Waals surface area (Å²) in [6.45, 7) is 0. The second-order valence-electron chi connectivity index (χ2n) is 5.22. The fraction of sp³-hybridized carbons (Fsp3) is 0.312. The first-order chi connectivity index (χ1) is 9.21. The molecule has 0 radical (unpaired) electrons. The summed E-state index contributed by atoms with van der Waals surface area (Å²) in [7, 11) is 0. The Kier molecular flexibility index (Phi) is 3.22. The Morgan fingerprint density at radius 2 is 1.95 bits per heavy atom. The molecule has 0 saturated heterocycles. The lowest BCUT2D eigenvalue weighted by molar-refractivity contribution is 0.532. The number of nitrogens with zero attached hydrogens (tertiary/aromatic N) is 1. The number of fused-ring (bicyclic) bond motifs is 1. The normalized spacial score (nSPS) is 17.9. The first-order valence-electron chi connectivity index (χ1n) is 6.53. The van der Waals surface area contributed by atoms with Crippen molar-refractivity contribution in [2.75, 3.05) is 5.75 Å². The second kappa shape index (κ2) is 4.88. The van der Waals surface area contributed by atoms with Crippen LogP contribution in [0.5, 0.6) is 0 Å². The molecular formula is C16H16N2S. The van der Waals surface area contributed by atoms with Gasteiger partial charge in [0, 0.05) is 10.6 Å². The molecule has 2 aromatic rings. The molecule has 0 aliphatic heterocycles. The highest BCUT2D eigenvalue weighted by Crippen LogP contribution is 2.40. The van der Waals surface area contributed by atoms with Crippen molar-refractivity contribution in [2.24, 2.45) is 11.7 Å². The van der Waals surface area contributed by atoms with Crippen LogP contribution in [0.3, 0.4) is 0 Å². The molecular weight excluding hydrogens is 252 g/mol. The summed E-state index contributed by atoms with van der Waals surface area (Å²) in [5, 5.41) is 11.7. The Bertz CT molecular complexity index is 642. The van der Waals surface area contributed by atoms with Crippen molar-refractivity contribution < 1.29 is 0 Å². The van der Waals surface area contributed by atoms with Crippen molar-refractivity contribution in [3.05, 3.63) is 42.5 Å². The van der Waals surface area contributed by atoms with Gasteiger partial charge in [0.1, 0.15) is 5.54 Å². The average Bonchev–Trinajstić information content (AvgIpc) is 3.29. The lowest BCUT2D eigenvalue weighted by Crippen LogP contribution is -2.43. The first-order valence-corrected chi connectivity index (χ1v) is 7.51. The van der Waals surface area contributed by atoms with Crippen LogP contribution in [0, 0.1) is 17.2 Å². The van der Waals surface area contributed by atoms with Gasteiger partial charge in [-0.2, -0.15) is 5.26 Å². The zero-order valence-electron chi connectivity index (χ0n) is 10.7. The van der Waals surface area contributed by atoms with E-state index >= 15 is 0 Å². The predicted molar refractivity (Wildman–Crippen MR) is 79.9 cm³/mol. The molecule has 0 heterocycles. The van der Waals surface area contributed by atoms with Crippen LogP contribution in [0.25, 0.3) is 10.8 Å². The molecule has 1 fully saturated rings. The van der Waals surface area contributed by atoms with Gasteiger partial charge in [-0.25, -0.2) is 0 Å². The Hall–Kier alpha value is -1.50. The van der Waals surface area contributed by atoms with Gasteiger partial charge in [0.05, 0.1) is 6.07 Å². The number of nitriles is 1. The summed E-state index contributed by atoms with van der Waals surface area (Å²) in [5.41, 5.74) is 5.52. The van der Waals surface area contributed by atoms with E-state index in [1.807, 2.05) is 12.1 Å². The maximum atomic E-state index is 9.26. The number of benzene rings is 2. The van der Waals surface area contributed by atoms with Gasteiger partial charge in [0.2, 0.25) is 0 Å². The van der Waals surface area contributed by atoms with Gasteiger partial charge in [-0.15, -0.1) is 11.8 Å². The zero-order valence-corrected chi connectivity index (χ0v) is 11.5. The Morgan fingerprint density at radius 1 is 1.21 bits per heavy atom. The van der Waals surface area contributed by atoms with E-state index in [-0.39, 0.29) is 0 Å². The van der Waals surface area contributed by atoms with E-state index < -0.39 is 5.54 Å². The van der Waals surface area contributed by atoms with Crippen LogP contribution in [-0.4, -0.2) is 11.3 Å². The third-order valence-corrected chi connectivity index (χ3v) is 4.92. The van der Waals surface area contributed by atoms with Crippen LogP contribution in [0.1, 0.15) is 12.8 Å². The highest BCUT2D eigenvalue weighted by molar-refractivity contribution is 7.99. The molecule has 1 saturated carbocycles. The zero-order chi connectivity index (χ0) is 13.3. The Labute approximate surface area is 117 Å². The van der Waals surface area contributed by atoms with Crippen LogP contribution >= 0.6 is 11.8 Å². The summed E-state index contributed by atoms with van der Waals surface area (Å²) < 4.78 is 0. The molecule has 1 atom stereocenters. The summed E-state index contributed by atoms with van der Waals surface area (Å²) in [6, 6.07) is 17.0. The molecule has 1 unspecified atom stereocenters. The predicted octanol–water partition coefficient (Wildman–Crippen LogP) is 3.56. The standard InChI is InChI=1S/C16H16N2S/c17-10-16(18,14-6-7-14)11-19-15-8-5-12-3-1-2-4-13(12)9-15/h1-5,8-9,14H,6-7,11,18H2. The molecule has 96 valence electrons. The lowest BCUT2D eigenvalue weighted by Gasteiger charge is -2.20. The van der Waals surface area contributed by atoms with Crippen LogP contribution in [-0.2, 0) is 0 Å². The molecule has 0 spiro atoms. The molecule has 0 bridgehead atoms. The van der Waals surface area contributed by atoms with Crippen LogP contribution in [0.2, 0.25) is 0 Å². The van der Waals surface area contributed by atoms with Crippen molar-refractivity contribution >= 4 is 22.5 Å². The molecule has 1 aliphatic carbocycles. The van der Waals surface area contributed by atoms with E-state index in [0.717, 1.165) is 12.8 Å². The van der Waals surface area contributed by atoms with Crippen LogP contribution in [0.4, 0.5) is 0 Å². The molecule has 0 amide bonds. The van der Waals surface area contributed by atoms with E-state index in [1.165, 1.54) is 15.7 Å². The quantitative estimate of drug-likeness (QED) is 0.862. The minimum Gasteiger partial charge on any atom is -0.312 e. The number of hydrogen-bond acceptors (Lipinski definition) is 3. The largest absolute Gasteiger partial charge is 0.312 e. The minimum atomic E-state index is -0.656. The summed E-state index contributed by atoms with van der Waals surface area (Å²) in [6.07, 6.45) is 2.20. The SMILES string of the molecule is N#CC(N)(CSc1ccc2ccccc2c1)C1CC1. The molecule has 3 heteroatoms. The molecule has 3 rings (SSSR count).